The van der Waals surface area contributed by atoms with Crippen molar-refractivity contribution >= 4 is 35.1 Å². The highest BCUT2D eigenvalue weighted by atomic mass is 35.5. The Balaban J connectivity index is 1.06. The zero-order valence-electron chi connectivity index (χ0n) is 20.3. The molecule has 3 atom stereocenters. The first-order valence-electron chi connectivity index (χ1n) is 13.0. The fraction of sp³-hybridized carbons (Fsp3) is 0.536. The average molecular weight is 551 g/mol. The zero-order chi connectivity index (χ0) is 25.9. The number of nitrogens with zero attached hydrogens (tertiary/aromatic N) is 1. The first kappa shape index (κ1) is 25.4. The third kappa shape index (κ3) is 4.97. The van der Waals surface area contributed by atoms with Gasteiger partial charge in [-0.05, 0) is 117 Å². The summed E-state index contributed by atoms with van der Waals surface area (Å²) in [7, 11) is 0. The van der Waals surface area contributed by atoms with Gasteiger partial charge in [0.25, 0.3) is 0 Å². The van der Waals surface area contributed by atoms with E-state index in [9.17, 15) is 23.1 Å². The van der Waals surface area contributed by atoms with Crippen LogP contribution >= 0.6 is 23.5 Å². The van der Waals surface area contributed by atoms with Crippen molar-refractivity contribution in [3.05, 3.63) is 58.6 Å². The lowest BCUT2D eigenvalue weighted by atomic mass is 9.52. The van der Waals surface area contributed by atoms with Crippen molar-refractivity contribution in [2.24, 2.45) is 23.7 Å². The number of rotatable bonds is 6. The number of halogens is 4. The van der Waals surface area contributed by atoms with Crippen LogP contribution in [0.5, 0.6) is 0 Å². The van der Waals surface area contributed by atoms with E-state index in [0.29, 0.717) is 34.1 Å². The van der Waals surface area contributed by atoms with Crippen LogP contribution in [0.3, 0.4) is 0 Å². The lowest BCUT2D eigenvalue weighted by Gasteiger charge is -2.59. The van der Waals surface area contributed by atoms with Crippen LogP contribution < -0.4 is 4.72 Å². The van der Waals surface area contributed by atoms with E-state index in [1.807, 2.05) is 12.1 Å². The summed E-state index contributed by atoms with van der Waals surface area (Å²) in [6.45, 7) is 0.783. The highest BCUT2D eigenvalue weighted by molar-refractivity contribution is 8.00. The van der Waals surface area contributed by atoms with Crippen molar-refractivity contribution in [2.45, 2.75) is 67.7 Å². The van der Waals surface area contributed by atoms with Gasteiger partial charge in [0.15, 0.2) is 0 Å². The maximum absolute atomic E-state index is 13.5. The molecule has 0 aromatic heterocycles. The van der Waals surface area contributed by atoms with E-state index in [2.05, 4.69) is 9.62 Å². The minimum absolute atomic E-state index is 0.0851. The van der Waals surface area contributed by atoms with Gasteiger partial charge in [-0.25, -0.2) is 0 Å². The standard InChI is InChI=1S/C28H30ClF3N2O2S/c29-24-12-22(33-37-23-5-2-21(3-6-23)28(30,31)32)4-1-17(24)11-18-7-8-34(26(18)35)25-19-9-16-10-20(25)15-27(36,13-16)14-19/h1-6,12,16,18-20,25,33,36H,7-11,13-15H2. The summed E-state index contributed by atoms with van der Waals surface area (Å²) in [6.07, 6.45) is 1.96. The van der Waals surface area contributed by atoms with E-state index in [-0.39, 0.29) is 17.9 Å². The number of anilines is 1. The Morgan fingerprint density at radius 2 is 1.78 bits per heavy atom. The third-order valence-corrected chi connectivity index (χ3v) is 10.1. The van der Waals surface area contributed by atoms with Crippen molar-refractivity contribution in [3.63, 3.8) is 0 Å². The molecule has 1 amide bonds. The molecule has 2 aromatic carbocycles. The first-order valence-corrected chi connectivity index (χ1v) is 14.2. The molecule has 1 heterocycles. The SMILES string of the molecule is O=C1C(Cc2ccc(NSc3ccc(C(F)(F)F)cc3)cc2Cl)CCN1C1C2CC3CC1CC(O)(C3)C2. The highest BCUT2D eigenvalue weighted by Crippen LogP contribution is 2.57. The summed E-state index contributed by atoms with van der Waals surface area (Å²) < 4.78 is 41.4. The molecular weight excluding hydrogens is 521 g/mol. The molecule has 0 radical (unpaired) electrons. The van der Waals surface area contributed by atoms with Gasteiger partial charge in [0, 0.05) is 34.1 Å². The van der Waals surface area contributed by atoms with Crippen LogP contribution in [0.4, 0.5) is 18.9 Å². The number of alkyl halides is 3. The normalized spacial score (nSPS) is 32.8. The summed E-state index contributed by atoms with van der Waals surface area (Å²) in [6, 6.07) is 10.9. The van der Waals surface area contributed by atoms with Gasteiger partial charge in [0.2, 0.25) is 5.91 Å². The van der Waals surface area contributed by atoms with Crippen LogP contribution in [0.25, 0.3) is 0 Å². The average Bonchev–Trinajstić information content (AvgIpc) is 3.17. The number of nitrogens with one attached hydrogen (secondary N) is 1. The Labute approximate surface area is 224 Å². The lowest BCUT2D eigenvalue weighted by molar-refractivity contribution is -0.168. The van der Waals surface area contributed by atoms with Crippen molar-refractivity contribution < 1.29 is 23.1 Å². The fourth-order valence-corrected chi connectivity index (χ4v) is 8.48. The molecule has 2 N–H and O–H groups in total. The summed E-state index contributed by atoms with van der Waals surface area (Å²) in [4.78, 5) is 16.3. The molecular formula is C28H30ClF3N2O2S. The molecule has 3 unspecified atom stereocenters. The summed E-state index contributed by atoms with van der Waals surface area (Å²) in [5.74, 6) is 1.61. The lowest BCUT2D eigenvalue weighted by Crippen LogP contribution is -2.62. The van der Waals surface area contributed by atoms with Gasteiger partial charge in [-0.3, -0.25) is 4.79 Å². The number of aliphatic hydroxyl groups is 1. The third-order valence-electron chi connectivity index (χ3n) is 8.89. The van der Waals surface area contributed by atoms with E-state index < -0.39 is 17.3 Å². The zero-order valence-corrected chi connectivity index (χ0v) is 21.9. The van der Waals surface area contributed by atoms with Gasteiger partial charge in [-0.1, -0.05) is 17.7 Å². The molecule has 198 valence electrons. The molecule has 0 spiro atoms. The van der Waals surface area contributed by atoms with Crippen molar-refractivity contribution in [1.82, 2.24) is 4.90 Å². The second-order valence-electron chi connectivity index (χ2n) is 11.4. The monoisotopic (exact) mass is 550 g/mol. The Bertz CT molecular complexity index is 1170. The summed E-state index contributed by atoms with van der Waals surface area (Å²) in [5.41, 5.74) is 0.490. The number of carbonyl (C=O) groups is 1. The smallest absolute Gasteiger partial charge is 0.390 e. The molecule has 9 heteroatoms. The summed E-state index contributed by atoms with van der Waals surface area (Å²) >= 11 is 7.79. The van der Waals surface area contributed by atoms with Crippen LogP contribution in [0.15, 0.2) is 47.4 Å². The predicted octanol–water partition coefficient (Wildman–Crippen LogP) is 6.81. The summed E-state index contributed by atoms with van der Waals surface area (Å²) in [5, 5.41) is 11.5. The Morgan fingerprint density at radius 1 is 1.08 bits per heavy atom. The van der Waals surface area contributed by atoms with Gasteiger partial charge >= 0.3 is 6.18 Å². The quantitative estimate of drug-likeness (QED) is 0.388. The molecule has 4 aliphatic carbocycles. The number of amides is 1. The molecule has 1 aliphatic heterocycles. The number of carbonyl (C=O) groups excluding carboxylic acids is 1. The molecule has 7 rings (SSSR count). The minimum Gasteiger partial charge on any atom is -0.390 e. The molecule has 37 heavy (non-hydrogen) atoms. The van der Waals surface area contributed by atoms with E-state index in [4.69, 9.17) is 11.6 Å². The van der Waals surface area contributed by atoms with Gasteiger partial charge in [0.05, 0.1) is 11.2 Å². The Kier molecular flexibility index (Phi) is 6.44. The Hall–Kier alpha value is -1.90. The van der Waals surface area contributed by atoms with Crippen LogP contribution in [0, 0.1) is 23.7 Å². The topological polar surface area (TPSA) is 52.6 Å². The van der Waals surface area contributed by atoms with E-state index in [1.165, 1.54) is 24.1 Å². The molecule has 4 saturated carbocycles. The number of benzene rings is 2. The molecule has 5 fully saturated rings. The number of hydrogen-bond acceptors (Lipinski definition) is 4. The molecule has 5 aliphatic rings. The first-order chi connectivity index (χ1) is 17.6. The maximum atomic E-state index is 13.5. The predicted molar refractivity (Wildman–Crippen MR) is 138 cm³/mol. The molecule has 4 bridgehead atoms. The fourth-order valence-electron chi connectivity index (χ4n) is 7.58. The number of hydrogen-bond donors (Lipinski definition) is 2. The van der Waals surface area contributed by atoms with Gasteiger partial charge < -0.3 is 14.7 Å². The van der Waals surface area contributed by atoms with Crippen molar-refractivity contribution in [1.29, 1.82) is 0 Å². The van der Waals surface area contributed by atoms with E-state index in [1.54, 1.807) is 6.07 Å². The van der Waals surface area contributed by atoms with E-state index >= 15 is 0 Å². The van der Waals surface area contributed by atoms with Gasteiger partial charge in [-0.15, -0.1) is 0 Å². The van der Waals surface area contributed by atoms with Crippen molar-refractivity contribution in [3.8, 4) is 0 Å². The molecule has 1 saturated heterocycles. The Morgan fingerprint density at radius 3 is 2.41 bits per heavy atom. The van der Waals surface area contributed by atoms with Crippen LogP contribution in [0.1, 0.15) is 49.7 Å². The highest BCUT2D eigenvalue weighted by Gasteiger charge is 2.57. The largest absolute Gasteiger partial charge is 0.416 e. The van der Waals surface area contributed by atoms with Crippen LogP contribution in [-0.4, -0.2) is 34.1 Å². The van der Waals surface area contributed by atoms with Gasteiger partial charge in [0.1, 0.15) is 0 Å². The molecule has 2 aromatic rings. The van der Waals surface area contributed by atoms with Gasteiger partial charge in [-0.2, -0.15) is 13.2 Å². The number of likely N-dealkylation sites (tertiary alicyclic amines) is 1. The minimum atomic E-state index is -4.35. The van der Waals surface area contributed by atoms with E-state index in [0.717, 1.165) is 68.5 Å². The second-order valence-corrected chi connectivity index (χ2v) is 12.7. The molecule has 4 nitrogen and oxygen atoms in total. The van der Waals surface area contributed by atoms with Crippen LogP contribution in [0.2, 0.25) is 5.02 Å². The van der Waals surface area contributed by atoms with Crippen molar-refractivity contribution in [2.75, 3.05) is 11.3 Å². The maximum Gasteiger partial charge on any atom is 0.416 e. The van der Waals surface area contributed by atoms with Crippen LogP contribution in [-0.2, 0) is 17.4 Å². The second kappa shape index (κ2) is 9.38.